The van der Waals surface area contributed by atoms with Gasteiger partial charge in [-0.1, -0.05) is 47.5 Å². The van der Waals surface area contributed by atoms with Gasteiger partial charge in [0.15, 0.2) is 0 Å². The standard InChI is InChI=1S/C23H21Cl2NO2/c24-19-7-1-15(2-8-19)13-18-11-12-26-21(18)14-28-23(27)22(16-3-4-16)17-5-9-20(25)10-6-17/h1-2,5-12,16,22,26H,3-4,13-14H2. The van der Waals surface area contributed by atoms with E-state index in [-0.39, 0.29) is 18.5 Å². The van der Waals surface area contributed by atoms with Gasteiger partial charge in [0.25, 0.3) is 0 Å². The minimum absolute atomic E-state index is 0.170. The third-order valence-electron chi connectivity index (χ3n) is 5.17. The maximum Gasteiger partial charge on any atom is 0.314 e. The van der Waals surface area contributed by atoms with E-state index in [1.807, 2.05) is 60.8 Å². The van der Waals surface area contributed by atoms with Gasteiger partial charge < -0.3 is 9.72 Å². The molecule has 1 aliphatic carbocycles. The molecule has 3 nitrogen and oxygen atoms in total. The van der Waals surface area contributed by atoms with Crippen LogP contribution in [0, 0.1) is 5.92 Å². The Morgan fingerprint density at radius 3 is 2.29 bits per heavy atom. The van der Waals surface area contributed by atoms with Gasteiger partial charge in [0.2, 0.25) is 0 Å². The zero-order valence-electron chi connectivity index (χ0n) is 15.3. The molecule has 0 aliphatic heterocycles. The summed E-state index contributed by atoms with van der Waals surface area (Å²) in [5, 5.41) is 1.39. The first-order valence-electron chi connectivity index (χ1n) is 9.42. The van der Waals surface area contributed by atoms with E-state index in [0.29, 0.717) is 10.9 Å². The maximum absolute atomic E-state index is 12.8. The van der Waals surface area contributed by atoms with Gasteiger partial charge in [-0.15, -0.1) is 0 Å². The molecule has 28 heavy (non-hydrogen) atoms. The number of hydrogen-bond acceptors (Lipinski definition) is 2. The normalized spacial score (nSPS) is 14.6. The number of hydrogen-bond donors (Lipinski definition) is 1. The van der Waals surface area contributed by atoms with Crippen molar-refractivity contribution in [1.82, 2.24) is 4.98 Å². The quantitative estimate of drug-likeness (QED) is 0.471. The largest absolute Gasteiger partial charge is 0.459 e. The number of aromatic nitrogens is 1. The summed E-state index contributed by atoms with van der Waals surface area (Å²) in [4.78, 5) is 16.0. The third kappa shape index (κ3) is 4.60. The van der Waals surface area contributed by atoms with Crippen molar-refractivity contribution in [1.29, 1.82) is 0 Å². The lowest BCUT2D eigenvalue weighted by Gasteiger charge is -2.16. The highest BCUT2D eigenvalue weighted by Gasteiger charge is 2.38. The predicted molar refractivity (Wildman–Crippen MR) is 112 cm³/mol. The molecule has 1 saturated carbocycles. The molecular formula is C23H21Cl2NO2. The Bertz CT molecular complexity index is 943. The summed E-state index contributed by atoms with van der Waals surface area (Å²) in [6.45, 7) is 0.242. The van der Waals surface area contributed by atoms with E-state index in [9.17, 15) is 4.79 Å². The second-order valence-corrected chi connectivity index (χ2v) is 8.13. The van der Waals surface area contributed by atoms with E-state index in [1.54, 1.807) is 0 Å². The van der Waals surface area contributed by atoms with Crippen molar-refractivity contribution >= 4 is 29.2 Å². The molecule has 0 bridgehead atoms. The van der Waals surface area contributed by atoms with Crippen LogP contribution in [0.25, 0.3) is 0 Å². The van der Waals surface area contributed by atoms with Gasteiger partial charge in [0.05, 0.1) is 11.6 Å². The highest BCUT2D eigenvalue weighted by atomic mass is 35.5. The highest BCUT2D eigenvalue weighted by Crippen LogP contribution is 2.43. The van der Waals surface area contributed by atoms with Gasteiger partial charge >= 0.3 is 5.97 Å². The summed E-state index contributed by atoms with van der Waals surface area (Å²) < 4.78 is 5.71. The Hall–Kier alpha value is -2.23. The topological polar surface area (TPSA) is 42.1 Å². The zero-order chi connectivity index (χ0) is 19.5. The van der Waals surface area contributed by atoms with E-state index >= 15 is 0 Å². The van der Waals surface area contributed by atoms with Crippen LogP contribution in [0.15, 0.2) is 60.8 Å². The summed E-state index contributed by atoms with van der Waals surface area (Å²) in [5.41, 5.74) is 4.18. The monoisotopic (exact) mass is 413 g/mol. The van der Waals surface area contributed by atoms with Gasteiger partial charge in [0.1, 0.15) is 6.61 Å². The number of carbonyl (C=O) groups excluding carboxylic acids is 1. The molecule has 3 aromatic rings. The average Bonchev–Trinajstić information content (AvgIpc) is 3.43. The van der Waals surface area contributed by atoms with Gasteiger partial charge in [-0.25, -0.2) is 0 Å². The number of nitrogens with one attached hydrogen (secondary N) is 1. The molecule has 1 aliphatic rings. The van der Waals surface area contributed by atoms with Gasteiger partial charge in [0, 0.05) is 16.2 Å². The molecule has 144 valence electrons. The Kier molecular flexibility index (Phi) is 5.74. The van der Waals surface area contributed by atoms with Gasteiger partial charge in [-0.05, 0) is 72.2 Å². The van der Waals surface area contributed by atoms with E-state index in [4.69, 9.17) is 27.9 Å². The minimum atomic E-state index is -0.216. The lowest BCUT2D eigenvalue weighted by atomic mass is 9.94. The first kappa shape index (κ1) is 19.1. The number of ether oxygens (including phenoxy) is 1. The Morgan fingerprint density at radius 2 is 1.64 bits per heavy atom. The summed E-state index contributed by atoms with van der Waals surface area (Å²) in [6, 6.07) is 17.3. The fourth-order valence-electron chi connectivity index (χ4n) is 3.49. The van der Waals surface area contributed by atoms with E-state index in [1.165, 1.54) is 0 Å². The molecule has 5 heteroatoms. The fourth-order valence-corrected chi connectivity index (χ4v) is 3.74. The van der Waals surface area contributed by atoms with Crippen LogP contribution >= 0.6 is 23.2 Å². The molecule has 1 fully saturated rings. The summed E-state index contributed by atoms with van der Waals surface area (Å²) >= 11 is 11.9. The van der Waals surface area contributed by atoms with Crippen molar-refractivity contribution < 1.29 is 9.53 Å². The molecule has 0 radical (unpaired) electrons. The molecule has 1 N–H and O–H groups in total. The Balaban J connectivity index is 1.42. The molecule has 1 heterocycles. The summed E-state index contributed by atoms with van der Waals surface area (Å²) in [6.07, 6.45) is 4.77. The Labute approximate surface area is 174 Å². The van der Waals surface area contributed by atoms with Crippen molar-refractivity contribution in [3.8, 4) is 0 Å². The zero-order valence-corrected chi connectivity index (χ0v) is 16.8. The fraction of sp³-hybridized carbons (Fsp3) is 0.261. The van der Waals surface area contributed by atoms with Crippen LogP contribution in [0.2, 0.25) is 10.0 Å². The number of aromatic amines is 1. The van der Waals surface area contributed by atoms with E-state index in [0.717, 1.165) is 46.7 Å². The van der Waals surface area contributed by atoms with Crippen LogP contribution in [-0.2, 0) is 22.6 Å². The number of H-pyrrole nitrogens is 1. The number of rotatable bonds is 7. The first-order valence-corrected chi connectivity index (χ1v) is 10.2. The molecule has 1 aromatic heterocycles. The second kappa shape index (κ2) is 8.42. The molecule has 2 aromatic carbocycles. The van der Waals surface area contributed by atoms with Gasteiger partial charge in [-0.3, -0.25) is 4.79 Å². The van der Waals surface area contributed by atoms with Crippen LogP contribution in [0.5, 0.6) is 0 Å². The van der Waals surface area contributed by atoms with Crippen molar-refractivity contribution in [2.75, 3.05) is 0 Å². The number of esters is 1. The third-order valence-corrected chi connectivity index (χ3v) is 5.68. The maximum atomic E-state index is 12.8. The van der Waals surface area contributed by atoms with E-state index in [2.05, 4.69) is 4.98 Å². The number of carbonyl (C=O) groups is 1. The summed E-state index contributed by atoms with van der Waals surface area (Å²) in [7, 11) is 0. The van der Waals surface area contributed by atoms with Crippen molar-refractivity contribution in [2.24, 2.45) is 5.92 Å². The SMILES string of the molecule is O=C(OCc1[nH]ccc1Cc1ccc(Cl)cc1)C(c1ccc(Cl)cc1)C1CC1. The van der Waals surface area contributed by atoms with Gasteiger partial charge in [-0.2, -0.15) is 0 Å². The lowest BCUT2D eigenvalue weighted by molar-refractivity contribution is -0.147. The smallest absolute Gasteiger partial charge is 0.314 e. The first-order chi connectivity index (χ1) is 13.6. The molecule has 0 saturated heterocycles. The predicted octanol–water partition coefficient (Wildman–Crippen LogP) is 6.15. The van der Waals surface area contributed by atoms with Crippen LogP contribution < -0.4 is 0 Å². The van der Waals surface area contributed by atoms with E-state index < -0.39 is 0 Å². The highest BCUT2D eigenvalue weighted by molar-refractivity contribution is 6.30. The minimum Gasteiger partial charge on any atom is -0.459 e. The molecule has 4 rings (SSSR count). The molecule has 1 unspecified atom stereocenters. The molecule has 0 spiro atoms. The van der Waals surface area contributed by atoms with Crippen molar-refractivity contribution in [3.05, 3.63) is 93.2 Å². The number of halogens is 2. The summed E-state index contributed by atoms with van der Waals surface area (Å²) in [5.74, 6) is -0.0188. The second-order valence-electron chi connectivity index (χ2n) is 7.26. The molecular weight excluding hydrogens is 393 g/mol. The van der Waals surface area contributed by atoms with Crippen LogP contribution in [0.1, 0.15) is 41.1 Å². The molecule has 1 atom stereocenters. The number of benzene rings is 2. The molecule has 0 amide bonds. The lowest BCUT2D eigenvalue weighted by Crippen LogP contribution is -2.18. The van der Waals surface area contributed by atoms with Crippen LogP contribution in [-0.4, -0.2) is 11.0 Å². The van der Waals surface area contributed by atoms with Crippen LogP contribution in [0.3, 0.4) is 0 Å². The van der Waals surface area contributed by atoms with Crippen molar-refractivity contribution in [3.63, 3.8) is 0 Å². The average molecular weight is 414 g/mol. The van der Waals surface area contributed by atoms with Crippen LogP contribution in [0.4, 0.5) is 0 Å². The Morgan fingerprint density at radius 1 is 1.00 bits per heavy atom. The van der Waals surface area contributed by atoms with Crippen molar-refractivity contribution in [2.45, 2.75) is 31.8 Å².